The Bertz CT molecular complexity index is 484. The number of hydrogen-bond donors (Lipinski definition) is 0. The Kier molecular flexibility index (Phi) is 6.39. The van der Waals surface area contributed by atoms with Crippen molar-refractivity contribution in [1.82, 2.24) is 9.80 Å². The minimum Gasteiger partial charge on any atom is -0.339 e. The third kappa shape index (κ3) is 4.35. The van der Waals surface area contributed by atoms with Crippen LogP contribution < -0.4 is 0 Å². The lowest BCUT2D eigenvalue weighted by Crippen LogP contribution is -2.50. The Balaban J connectivity index is 1.25. The van der Waals surface area contributed by atoms with Gasteiger partial charge in [0.05, 0.1) is 0 Å². The second-order valence-electron chi connectivity index (χ2n) is 9.54. The molecule has 2 aliphatic carbocycles. The molecule has 0 aromatic rings. The van der Waals surface area contributed by atoms with Gasteiger partial charge in [-0.2, -0.15) is 0 Å². The fourth-order valence-electron chi connectivity index (χ4n) is 6.55. The molecule has 0 aromatic carbocycles. The van der Waals surface area contributed by atoms with Crippen LogP contribution in [0.1, 0.15) is 96.3 Å². The molecule has 2 heterocycles. The smallest absolute Gasteiger partial charge is 0.222 e. The van der Waals surface area contributed by atoms with Crippen LogP contribution in [0.2, 0.25) is 0 Å². The molecule has 0 radical (unpaired) electrons. The fourth-order valence-corrected chi connectivity index (χ4v) is 6.55. The summed E-state index contributed by atoms with van der Waals surface area (Å²) in [6, 6.07) is 1.00. The number of carbonyl (C=O) groups excluding carboxylic acids is 2. The largest absolute Gasteiger partial charge is 0.339 e. The summed E-state index contributed by atoms with van der Waals surface area (Å²) in [6.45, 7) is 1.90. The van der Waals surface area contributed by atoms with E-state index in [9.17, 15) is 9.59 Å². The predicted octanol–water partition coefficient (Wildman–Crippen LogP) is 4.52. The number of piperidine rings is 2. The lowest BCUT2D eigenvalue weighted by Gasteiger charge is -2.44. The summed E-state index contributed by atoms with van der Waals surface area (Å²) in [5, 5.41) is 0. The Morgan fingerprint density at radius 2 is 1.00 bits per heavy atom. The number of hydrogen-bond acceptors (Lipinski definition) is 2. The predicted molar refractivity (Wildman–Crippen MR) is 107 cm³/mol. The van der Waals surface area contributed by atoms with E-state index >= 15 is 0 Å². The molecule has 4 aliphatic rings. The van der Waals surface area contributed by atoms with Crippen molar-refractivity contribution in [1.29, 1.82) is 0 Å². The molecule has 152 valence electrons. The van der Waals surface area contributed by atoms with Gasteiger partial charge >= 0.3 is 0 Å². The second-order valence-corrected chi connectivity index (χ2v) is 9.54. The van der Waals surface area contributed by atoms with Crippen LogP contribution in [0.15, 0.2) is 0 Å². The Morgan fingerprint density at radius 1 is 0.593 bits per heavy atom. The van der Waals surface area contributed by atoms with Gasteiger partial charge < -0.3 is 9.80 Å². The molecule has 4 heteroatoms. The molecule has 2 saturated heterocycles. The van der Waals surface area contributed by atoms with Crippen LogP contribution in [0.25, 0.3) is 0 Å². The SMILES string of the molecule is O=C(CCCC(=O)N1CCCC2CCCCC21)N1CCCC2CCCCC21. The van der Waals surface area contributed by atoms with Crippen molar-refractivity contribution in [2.45, 2.75) is 108 Å². The summed E-state index contributed by atoms with van der Waals surface area (Å²) in [6.07, 6.45) is 17.1. The van der Waals surface area contributed by atoms with Gasteiger partial charge in [0.15, 0.2) is 0 Å². The van der Waals surface area contributed by atoms with Crippen molar-refractivity contribution in [3.05, 3.63) is 0 Å². The summed E-state index contributed by atoms with van der Waals surface area (Å²) < 4.78 is 0. The molecule has 4 rings (SSSR count). The van der Waals surface area contributed by atoms with E-state index in [2.05, 4.69) is 9.80 Å². The third-order valence-electron chi connectivity index (χ3n) is 7.91. The van der Waals surface area contributed by atoms with Gasteiger partial charge in [-0.05, 0) is 69.6 Å². The first-order valence-corrected chi connectivity index (χ1v) is 11.8. The van der Waals surface area contributed by atoms with Gasteiger partial charge in [-0.1, -0.05) is 25.7 Å². The molecule has 2 saturated carbocycles. The van der Waals surface area contributed by atoms with E-state index in [0.717, 1.165) is 31.3 Å². The average molecular weight is 375 g/mol. The van der Waals surface area contributed by atoms with Crippen molar-refractivity contribution in [3.8, 4) is 0 Å². The first kappa shape index (κ1) is 19.3. The van der Waals surface area contributed by atoms with E-state index in [1.54, 1.807) is 0 Å². The van der Waals surface area contributed by atoms with Gasteiger partial charge in [0.1, 0.15) is 0 Å². The summed E-state index contributed by atoms with van der Waals surface area (Å²) in [5.74, 6) is 2.12. The molecule has 2 amide bonds. The maximum atomic E-state index is 12.8. The molecule has 4 atom stereocenters. The summed E-state index contributed by atoms with van der Waals surface area (Å²) in [4.78, 5) is 30.1. The van der Waals surface area contributed by atoms with Crippen LogP contribution in [-0.4, -0.2) is 46.8 Å². The van der Waals surface area contributed by atoms with Crippen LogP contribution >= 0.6 is 0 Å². The van der Waals surface area contributed by atoms with Gasteiger partial charge in [-0.15, -0.1) is 0 Å². The summed E-state index contributed by atoms with van der Waals surface area (Å²) >= 11 is 0. The zero-order valence-electron chi connectivity index (χ0n) is 17.0. The molecule has 27 heavy (non-hydrogen) atoms. The van der Waals surface area contributed by atoms with Crippen molar-refractivity contribution in [2.24, 2.45) is 11.8 Å². The topological polar surface area (TPSA) is 40.6 Å². The number of amides is 2. The van der Waals surface area contributed by atoms with E-state index in [0.29, 0.717) is 36.7 Å². The summed E-state index contributed by atoms with van der Waals surface area (Å²) in [7, 11) is 0. The quantitative estimate of drug-likeness (QED) is 0.726. The van der Waals surface area contributed by atoms with E-state index in [1.165, 1.54) is 77.0 Å². The molecule has 0 spiro atoms. The number of rotatable bonds is 4. The van der Waals surface area contributed by atoms with Crippen LogP contribution in [0.5, 0.6) is 0 Å². The molecule has 4 nitrogen and oxygen atoms in total. The highest BCUT2D eigenvalue weighted by molar-refractivity contribution is 5.79. The van der Waals surface area contributed by atoms with Gasteiger partial charge in [0.2, 0.25) is 11.8 Å². The number of nitrogens with zero attached hydrogens (tertiary/aromatic N) is 2. The highest BCUT2D eigenvalue weighted by atomic mass is 16.2. The zero-order chi connectivity index (χ0) is 18.6. The van der Waals surface area contributed by atoms with Crippen LogP contribution in [0, 0.1) is 11.8 Å². The first-order chi connectivity index (χ1) is 13.2. The second kappa shape index (κ2) is 8.96. The molecule has 0 aromatic heterocycles. The van der Waals surface area contributed by atoms with E-state index in [4.69, 9.17) is 0 Å². The number of carbonyl (C=O) groups is 2. The lowest BCUT2D eigenvalue weighted by molar-refractivity contribution is -0.139. The van der Waals surface area contributed by atoms with Gasteiger partial charge in [0, 0.05) is 38.0 Å². The van der Waals surface area contributed by atoms with Crippen molar-refractivity contribution < 1.29 is 9.59 Å². The molecule has 4 unspecified atom stereocenters. The van der Waals surface area contributed by atoms with E-state index in [1.807, 2.05) is 0 Å². The maximum Gasteiger partial charge on any atom is 0.222 e. The minimum atomic E-state index is 0.314. The average Bonchev–Trinajstić information content (AvgIpc) is 2.72. The molecular formula is C23H38N2O2. The zero-order valence-corrected chi connectivity index (χ0v) is 17.0. The third-order valence-corrected chi connectivity index (χ3v) is 7.91. The normalized spacial score (nSPS) is 33.9. The fraction of sp³-hybridized carbons (Fsp3) is 0.913. The highest BCUT2D eigenvalue weighted by Gasteiger charge is 2.37. The molecule has 4 fully saturated rings. The lowest BCUT2D eigenvalue weighted by atomic mass is 9.78. The Labute approximate surface area is 165 Å². The highest BCUT2D eigenvalue weighted by Crippen LogP contribution is 2.37. The van der Waals surface area contributed by atoms with Gasteiger partial charge in [-0.3, -0.25) is 9.59 Å². The maximum absolute atomic E-state index is 12.8. The Morgan fingerprint density at radius 3 is 1.48 bits per heavy atom. The van der Waals surface area contributed by atoms with Crippen LogP contribution in [-0.2, 0) is 9.59 Å². The monoisotopic (exact) mass is 374 g/mol. The first-order valence-electron chi connectivity index (χ1n) is 11.8. The van der Waals surface area contributed by atoms with E-state index < -0.39 is 0 Å². The van der Waals surface area contributed by atoms with E-state index in [-0.39, 0.29) is 0 Å². The van der Waals surface area contributed by atoms with Gasteiger partial charge in [0.25, 0.3) is 0 Å². The molecule has 0 N–H and O–H groups in total. The van der Waals surface area contributed by atoms with Gasteiger partial charge in [-0.25, -0.2) is 0 Å². The molecule has 2 aliphatic heterocycles. The van der Waals surface area contributed by atoms with Crippen LogP contribution in [0.4, 0.5) is 0 Å². The Hall–Kier alpha value is -1.06. The molecule has 0 bridgehead atoms. The number of likely N-dealkylation sites (tertiary alicyclic amines) is 2. The van der Waals surface area contributed by atoms with Crippen LogP contribution in [0.3, 0.4) is 0 Å². The van der Waals surface area contributed by atoms with Crippen molar-refractivity contribution in [3.63, 3.8) is 0 Å². The molecular weight excluding hydrogens is 336 g/mol. The van der Waals surface area contributed by atoms with Crippen molar-refractivity contribution >= 4 is 11.8 Å². The standard InChI is InChI=1S/C23H38N2O2/c26-22(24-16-6-10-18-8-1-3-12-20(18)24)14-5-15-23(27)25-17-7-11-19-9-2-4-13-21(19)25/h18-21H,1-17H2. The van der Waals surface area contributed by atoms with Crippen molar-refractivity contribution in [2.75, 3.05) is 13.1 Å². The summed E-state index contributed by atoms with van der Waals surface area (Å²) in [5.41, 5.74) is 0. The number of fused-ring (bicyclic) bond motifs is 2. The minimum absolute atomic E-state index is 0.314.